The molecule has 2 atom stereocenters. The maximum Gasteiger partial charge on any atom is 0.0898 e. The van der Waals surface area contributed by atoms with Crippen LogP contribution in [-0.4, -0.2) is 30.5 Å². The van der Waals surface area contributed by atoms with Crippen molar-refractivity contribution in [1.82, 2.24) is 5.32 Å². The first-order valence-corrected chi connectivity index (χ1v) is 7.83. The van der Waals surface area contributed by atoms with Crippen LogP contribution in [0.1, 0.15) is 50.6 Å². The van der Waals surface area contributed by atoms with Gasteiger partial charge in [0.15, 0.2) is 0 Å². The molecule has 112 valence electrons. The first-order chi connectivity index (χ1) is 9.75. The second-order valence-corrected chi connectivity index (χ2v) is 5.79. The second kappa shape index (κ2) is 8.40. The minimum Gasteiger partial charge on any atom is -0.389 e. The van der Waals surface area contributed by atoms with Gasteiger partial charge in [-0.15, -0.1) is 0 Å². The third-order valence-corrected chi connectivity index (χ3v) is 4.04. The van der Waals surface area contributed by atoms with E-state index < -0.39 is 6.10 Å². The number of hydrogen-bond acceptors (Lipinski definition) is 3. The van der Waals surface area contributed by atoms with E-state index in [9.17, 15) is 5.11 Å². The monoisotopic (exact) mass is 277 g/mol. The maximum atomic E-state index is 9.99. The van der Waals surface area contributed by atoms with Crippen molar-refractivity contribution in [3.05, 3.63) is 35.9 Å². The van der Waals surface area contributed by atoms with Crippen molar-refractivity contribution >= 4 is 0 Å². The van der Waals surface area contributed by atoms with Crippen molar-refractivity contribution < 1.29 is 9.84 Å². The van der Waals surface area contributed by atoms with Gasteiger partial charge in [0.05, 0.1) is 18.8 Å². The summed E-state index contributed by atoms with van der Waals surface area (Å²) < 4.78 is 5.79. The van der Waals surface area contributed by atoms with Gasteiger partial charge in [-0.05, 0) is 25.3 Å². The molecule has 0 saturated heterocycles. The number of benzene rings is 1. The van der Waals surface area contributed by atoms with Crippen molar-refractivity contribution in [1.29, 1.82) is 0 Å². The van der Waals surface area contributed by atoms with Gasteiger partial charge in [-0.3, -0.25) is 0 Å². The molecular formula is C17H27NO2. The van der Waals surface area contributed by atoms with E-state index in [0.29, 0.717) is 19.3 Å². The summed E-state index contributed by atoms with van der Waals surface area (Å²) in [5.74, 6) is 0. The zero-order chi connectivity index (χ0) is 14.2. The van der Waals surface area contributed by atoms with E-state index in [0.717, 1.165) is 12.8 Å². The highest BCUT2D eigenvalue weighted by atomic mass is 16.5. The van der Waals surface area contributed by atoms with Gasteiger partial charge in [0.1, 0.15) is 0 Å². The Labute approximate surface area is 122 Å². The van der Waals surface area contributed by atoms with Crippen LogP contribution in [0.25, 0.3) is 0 Å². The lowest BCUT2D eigenvalue weighted by atomic mass is 9.98. The summed E-state index contributed by atoms with van der Waals surface area (Å²) in [6.45, 7) is 3.13. The summed E-state index contributed by atoms with van der Waals surface area (Å²) >= 11 is 0. The fourth-order valence-electron chi connectivity index (χ4n) is 2.71. The lowest BCUT2D eigenvalue weighted by molar-refractivity contribution is -0.0235. The number of rotatable bonds is 7. The second-order valence-electron chi connectivity index (χ2n) is 5.79. The molecule has 2 N–H and O–H groups in total. The molecule has 1 aliphatic rings. The average Bonchev–Trinajstić information content (AvgIpc) is 2.52. The Morgan fingerprint density at radius 3 is 2.60 bits per heavy atom. The van der Waals surface area contributed by atoms with Crippen LogP contribution in [0.4, 0.5) is 0 Å². The summed E-state index contributed by atoms with van der Waals surface area (Å²) in [6, 6.07) is 10.5. The Morgan fingerprint density at radius 1 is 1.20 bits per heavy atom. The van der Waals surface area contributed by atoms with Crippen molar-refractivity contribution in [2.75, 3.05) is 13.2 Å². The van der Waals surface area contributed by atoms with Crippen LogP contribution in [-0.2, 0) is 4.74 Å². The average molecular weight is 277 g/mol. The highest BCUT2D eigenvalue weighted by Gasteiger charge is 2.16. The van der Waals surface area contributed by atoms with Crippen molar-refractivity contribution in [3.63, 3.8) is 0 Å². The van der Waals surface area contributed by atoms with Crippen LogP contribution in [0.3, 0.4) is 0 Å². The molecule has 0 aromatic heterocycles. The van der Waals surface area contributed by atoms with Gasteiger partial charge in [0.2, 0.25) is 0 Å². The summed E-state index contributed by atoms with van der Waals surface area (Å²) in [4.78, 5) is 0. The summed E-state index contributed by atoms with van der Waals surface area (Å²) in [5, 5.41) is 13.3. The molecule has 1 fully saturated rings. The fourth-order valence-corrected chi connectivity index (χ4v) is 2.71. The maximum absolute atomic E-state index is 9.99. The van der Waals surface area contributed by atoms with E-state index in [1.54, 1.807) is 0 Å². The molecule has 3 heteroatoms. The highest BCUT2D eigenvalue weighted by molar-refractivity contribution is 5.17. The zero-order valence-corrected chi connectivity index (χ0v) is 12.4. The van der Waals surface area contributed by atoms with Gasteiger partial charge in [-0.2, -0.15) is 0 Å². The molecule has 0 amide bonds. The number of nitrogens with one attached hydrogen (secondary N) is 1. The molecule has 0 heterocycles. The summed E-state index contributed by atoms with van der Waals surface area (Å²) in [6.07, 6.45) is 6.11. The number of aliphatic hydroxyl groups excluding tert-OH is 1. The normalized spacial score (nSPS) is 19.7. The predicted molar refractivity (Wildman–Crippen MR) is 81.7 cm³/mol. The molecule has 3 nitrogen and oxygen atoms in total. The molecule has 1 saturated carbocycles. The molecule has 1 aromatic rings. The van der Waals surface area contributed by atoms with Gasteiger partial charge in [-0.25, -0.2) is 0 Å². The zero-order valence-electron chi connectivity index (χ0n) is 12.4. The third kappa shape index (κ3) is 5.23. The predicted octanol–water partition coefficient (Wildman–Crippen LogP) is 3.05. The number of aliphatic hydroxyl groups is 1. The molecule has 0 radical (unpaired) electrons. The summed E-state index contributed by atoms with van der Waals surface area (Å²) in [7, 11) is 0. The molecule has 1 aromatic carbocycles. The molecule has 0 spiro atoms. The SMILES string of the molecule is CC(NCC(O)COC1CCCCC1)c1ccccc1. The van der Waals surface area contributed by atoms with Crippen LogP contribution in [0.2, 0.25) is 0 Å². The topological polar surface area (TPSA) is 41.5 Å². The summed E-state index contributed by atoms with van der Waals surface area (Å²) in [5.41, 5.74) is 1.24. The quantitative estimate of drug-likeness (QED) is 0.805. The minimum absolute atomic E-state index is 0.250. The molecule has 20 heavy (non-hydrogen) atoms. The van der Waals surface area contributed by atoms with Gasteiger partial charge in [-0.1, -0.05) is 49.6 Å². The highest BCUT2D eigenvalue weighted by Crippen LogP contribution is 2.20. The first-order valence-electron chi connectivity index (χ1n) is 7.83. The Morgan fingerprint density at radius 2 is 1.90 bits per heavy atom. The molecule has 2 rings (SSSR count). The van der Waals surface area contributed by atoms with E-state index in [-0.39, 0.29) is 6.04 Å². The van der Waals surface area contributed by atoms with E-state index in [2.05, 4.69) is 24.4 Å². The molecule has 1 aliphatic carbocycles. The van der Waals surface area contributed by atoms with Gasteiger partial charge >= 0.3 is 0 Å². The number of ether oxygens (including phenoxy) is 1. The van der Waals surface area contributed by atoms with E-state index in [1.807, 2.05) is 18.2 Å². The van der Waals surface area contributed by atoms with Crippen LogP contribution in [0, 0.1) is 0 Å². The lowest BCUT2D eigenvalue weighted by Gasteiger charge is -2.24. The molecule has 2 unspecified atom stereocenters. The Kier molecular flexibility index (Phi) is 6.51. The number of hydrogen-bond donors (Lipinski definition) is 2. The Bertz CT molecular complexity index is 363. The Hall–Kier alpha value is -0.900. The van der Waals surface area contributed by atoms with Crippen molar-refractivity contribution in [2.45, 2.75) is 57.3 Å². The van der Waals surface area contributed by atoms with Crippen LogP contribution in [0.5, 0.6) is 0 Å². The van der Waals surface area contributed by atoms with E-state index in [4.69, 9.17) is 4.74 Å². The van der Waals surface area contributed by atoms with Crippen molar-refractivity contribution in [2.24, 2.45) is 0 Å². The molecular weight excluding hydrogens is 250 g/mol. The first kappa shape index (κ1) is 15.5. The van der Waals surface area contributed by atoms with Gasteiger partial charge in [0, 0.05) is 12.6 Å². The Balaban J connectivity index is 1.63. The fraction of sp³-hybridized carbons (Fsp3) is 0.647. The van der Waals surface area contributed by atoms with Gasteiger partial charge in [0.25, 0.3) is 0 Å². The smallest absolute Gasteiger partial charge is 0.0898 e. The standard InChI is InChI=1S/C17H27NO2/c1-14(15-8-4-2-5-9-15)18-12-16(19)13-20-17-10-6-3-7-11-17/h2,4-5,8-9,14,16-19H,3,6-7,10-13H2,1H3. The minimum atomic E-state index is -0.428. The van der Waals surface area contributed by atoms with Gasteiger partial charge < -0.3 is 15.2 Å². The van der Waals surface area contributed by atoms with Crippen LogP contribution >= 0.6 is 0 Å². The van der Waals surface area contributed by atoms with Crippen LogP contribution < -0.4 is 5.32 Å². The van der Waals surface area contributed by atoms with Crippen molar-refractivity contribution in [3.8, 4) is 0 Å². The molecule has 0 bridgehead atoms. The van der Waals surface area contributed by atoms with E-state index >= 15 is 0 Å². The lowest BCUT2D eigenvalue weighted by Crippen LogP contribution is -2.33. The largest absolute Gasteiger partial charge is 0.389 e. The van der Waals surface area contributed by atoms with E-state index in [1.165, 1.54) is 24.8 Å². The third-order valence-electron chi connectivity index (χ3n) is 4.04. The molecule has 0 aliphatic heterocycles. The van der Waals surface area contributed by atoms with Crippen LogP contribution in [0.15, 0.2) is 30.3 Å².